The van der Waals surface area contributed by atoms with Crippen LogP contribution in [-0.2, 0) is 56.8 Å². The Labute approximate surface area is 555 Å². The molecule has 0 spiro atoms. The number of esters is 2. The van der Waals surface area contributed by atoms with E-state index in [0.717, 1.165) is 72.6 Å². The summed E-state index contributed by atoms with van der Waals surface area (Å²) >= 11 is 0. The molecule has 0 aromatic heterocycles. The van der Waals surface area contributed by atoms with E-state index in [9.17, 15) is 9.59 Å². The molecule has 94 heavy (non-hydrogen) atoms. The number of hydrogen-bond acceptors (Lipinski definition) is 20. The molecule has 0 aliphatic rings. The number of hydrogen-bond donors (Lipinski definition) is 0. The first-order valence-electron chi connectivity index (χ1n) is 33.0. The van der Waals surface area contributed by atoms with Gasteiger partial charge in [-0.2, -0.15) is 0 Å². The van der Waals surface area contributed by atoms with E-state index in [1.54, 1.807) is 72.8 Å². The van der Waals surface area contributed by atoms with Crippen LogP contribution in [0.4, 0.5) is 0 Å². The van der Waals surface area contributed by atoms with Crippen molar-refractivity contribution in [1.29, 1.82) is 0 Å². The van der Waals surface area contributed by atoms with E-state index < -0.39 is 11.9 Å². The van der Waals surface area contributed by atoms with Crippen LogP contribution in [-0.4, -0.2) is 197 Å². The van der Waals surface area contributed by atoms with Crippen molar-refractivity contribution in [2.24, 2.45) is 0 Å². The van der Waals surface area contributed by atoms with Gasteiger partial charge in [-0.15, -0.1) is 0 Å². The molecule has 0 fully saturated rings. The fraction of sp³-hybridized carbons (Fsp3) is 0.486. The van der Waals surface area contributed by atoms with Gasteiger partial charge in [0.2, 0.25) is 0 Å². The molecule has 0 aliphatic heterocycles. The molecule has 6 rings (SSSR count). The van der Waals surface area contributed by atoms with Crippen LogP contribution in [0.5, 0.6) is 34.5 Å². The van der Waals surface area contributed by atoms with Crippen molar-refractivity contribution in [3.8, 4) is 56.8 Å². The Morgan fingerprint density at radius 2 is 0.394 bits per heavy atom. The zero-order valence-electron chi connectivity index (χ0n) is 55.1. The van der Waals surface area contributed by atoms with Gasteiger partial charge in [-0.25, -0.2) is 9.59 Å². The topological polar surface area (TPSA) is 200 Å². The van der Waals surface area contributed by atoms with Crippen molar-refractivity contribution >= 4 is 11.9 Å². The third-order valence-electron chi connectivity index (χ3n) is 13.8. The number of unbranched alkanes of at least 4 members (excludes halogenated alkanes) is 4. The van der Waals surface area contributed by atoms with Gasteiger partial charge < -0.3 is 85.3 Å². The van der Waals surface area contributed by atoms with Crippen LogP contribution in [0.1, 0.15) is 73.1 Å². The molecule has 0 radical (unpaired) electrons. The molecular formula is C74H98O20. The van der Waals surface area contributed by atoms with Gasteiger partial charge in [0.25, 0.3) is 0 Å². The molecule has 0 bridgehead atoms. The van der Waals surface area contributed by atoms with E-state index >= 15 is 0 Å². The van der Waals surface area contributed by atoms with Gasteiger partial charge in [-0.3, -0.25) is 0 Å². The molecule has 20 nitrogen and oxygen atoms in total. The highest BCUT2D eigenvalue weighted by Gasteiger charge is 2.12. The molecule has 0 heterocycles. The fourth-order valence-corrected chi connectivity index (χ4v) is 8.67. The van der Waals surface area contributed by atoms with Crippen molar-refractivity contribution in [3.05, 3.63) is 157 Å². The Balaban J connectivity index is 0.595. The van der Waals surface area contributed by atoms with E-state index in [4.69, 9.17) is 85.3 Å². The normalized spacial score (nSPS) is 11.2. The Hall–Kier alpha value is -7.02. The van der Waals surface area contributed by atoms with Gasteiger partial charge in [0.15, 0.2) is 0 Å². The standard InChI is InChI=1S/C74H98O20/c1-3-5-7-33-89-67-21-9-61(10-22-67)63-13-29-71(30-14-63)93-73(75)65-17-25-69(26-18-65)91-59-57-87-55-53-85-51-49-83-47-45-81-43-41-79-39-37-77-35-36-78-38-40-80-42-44-82-46-48-84-50-52-86-54-56-88-58-60-92-70-27-19-66(20-28-70)74(76)94-72-31-15-64(16-32-72)62-11-23-68(24-12-62)90-34-8-6-4-2/h9-32H,3-8,33-60H2,1-2H3. The first-order valence-corrected chi connectivity index (χ1v) is 33.0. The summed E-state index contributed by atoms with van der Waals surface area (Å²) in [7, 11) is 0. The van der Waals surface area contributed by atoms with Crippen LogP contribution in [0.2, 0.25) is 0 Å². The minimum Gasteiger partial charge on any atom is -0.494 e. The Bertz CT molecular complexity index is 2630. The van der Waals surface area contributed by atoms with Crippen molar-refractivity contribution < 1.29 is 94.9 Å². The average molecular weight is 1310 g/mol. The Kier molecular flexibility index (Phi) is 40.8. The lowest BCUT2D eigenvalue weighted by atomic mass is 10.1. The molecular weight excluding hydrogens is 1210 g/mol. The zero-order chi connectivity index (χ0) is 65.8. The number of benzene rings is 6. The number of carbonyl (C=O) groups excluding carboxylic acids is 2. The Morgan fingerprint density at radius 3 is 0.606 bits per heavy atom. The summed E-state index contributed by atoms with van der Waals surface area (Å²) in [5.74, 6) is 3.01. The minimum atomic E-state index is -0.448. The third kappa shape index (κ3) is 34.4. The second kappa shape index (κ2) is 50.4. The SMILES string of the molecule is CCCCCOc1ccc(-c2ccc(OC(=O)c3ccc(OCCOCCOCCOCCOCCOCCOCCOCCOCCOCCOCCOCCOCCOc4ccc(C(=O)Oc5ccc(-c6ccc(OCCCCC)cc6)cc5)cc4)cc3)cc2)cc1. The van der Waals surface area contributed by atoms with E-state index in [-0.39, 0.29) is 0 Å². The van der Waals surface area contributed by atoms with Crippen LogP contribution in [0, 0.1) is 0 Å². The maximum Gasteiger partial charge on any atom is 0.343 e. The highest BCUT2D eigenvalue weighted by Crippen LogP contribution is 2.28. The van der Waals surface area contributed by atoms with Gasteiger partial charge in [0.05, 0.1) is 183 Å². The quantitative estimate of drug-likeness (QED) is 0.0198. The maximum absolute atomic E-state index is 12.8. The monoisotopic (exact) mass is 1310 g/mol. The van der Waals surface area contributed by atoms with E-state index in [2.05, 4.69) is 13.8 Å². The van der Waals surface area contributed by atoms with E-state index in [0.29, 0.717) is 206 Å². The summed E-state index contributed by atoms with van der Waals surface area (Å²) in [5, 5.41) is 0. The molecule has 0 amide bonds. The molecule has 0 atom stereocenters. The maximum atomic E-state index is 12.8. The highest BCUT2D eigenvalue weighted by atomic mass is 16.6. The van der Waals surface area contributed by atoms with Crippen LogP contribution < -0.4 is 28.4 Å². The van der Waals surface area contributed by atoms with E-state index in [1.165, 1.54) is 12.8 Å². The molecule has 0 unspecified atom stereocenters. The molecule has 6 aromatic carbocycles. The van der Waals surface area contributed by atoms with Crippen LogP contribution in [0.25, 0.3) is 22.3 Å². The lowest BCUT2D eigenvalue weighted by molar-refractivity contribution is -0.0287. The van der Waals surface area contributed by atoms with Gasteiger partial charge in [-0.05, 0) is 132 Å². The van der Waals surface area contributed by atoms with Crippen molar-refractivity contribution in [2.45, 2.75) is 52.4 Å². The van der Waals surface area contributed by atoms with Gasteiger partial charge in [-0.1, -0.05) is 88.1 Å². The molecule has 6 aromatic rings. The number of rotatable bonds is 57. The highest BCUT2D eigenvalue weighted by molar-refractivity contribution is 5.92. The predicted octanol–water partition coefficient (Wildman–Crippen LogP) is 12.3. The second-order valence-electron chi connectivity index (χ2n) is 21.1. The molecule has 514 valence electrons. The molecule has 20 heteroatoms. The molecule has 0 N–H and O–H groups in total. The average Bonchev–Trinajstić information content (AvgIpc) is 0.973. The molecule has 0 aliphatic carbocycles. The van der Waals surface area contributed by atoms with Gasteiger partial charge in [0, 0.05) is 0 Å². The second-order valence-corrected chi connectivity index (χ2v) is 21.1. The lowest BCUT2D eigenvalue weighted by Gasteiger charge is -2.10. The fourth-order valence-electron chi connectivity index (χ4n) is 8.67. The third-order valence-corrected chi connectivity index (χ3v) is 13.8. The van der Waals surface area contributed by atoms with Gasteiger partial charge in [0.1, 0.15) is 47.7 Å². The smallest absolute Gasteiger partial charge is 0.343 e. The summed E-state index contributed by atoms with van der Waals surface area (Å²) in [6.07, 6.45) is 6.76. The first-order chi connectivity index (χ1) is 46.5. The first kappa shape index (κ1) is 76.0. The van der Waals surface area contributed by atoms with Crippen molar-refractivity contribution in [1.82, 2.24) is 0 Å². The number of carbonyl (C=O) groups is 2. The predicted molar refractivity (Wildman–Crippen MR) is 357 cm³/mol. The summed E-state index contributed by atoms with van der Waals surface area (Å²) < 4.78 is 101. The summed E-state index contributed by atoms with van der Waals surface area (Å²) in [5.41, 5.74) is 4.99. The minimum absolute atomic E-state index is 0.356. The summed E-state index contributed by atoms with van der Waals surface area (Å²) in [6.45, 7) is 17.4. The summed E-state index contributed by atoms with van der Waals surface area (Å²) in [4.78, 5) is 25.5. The van der Waals surface area contributed by atoms with Gasteiger partial charge >= 0.3 is 11.9 Å². The van der Waals surface area contributed by atoms with E-state index in [1.807, 2.05) is 72.8 Å². The van der Waals surface area contributed by atoms with Crippen LogP contribution >= 0.6 is 0 Å². The summed E-state index contributed by atoms with van der Waals surface area (Å²) in [6, 6.07) is 44.5. The largest absolute Gasteiger partial charge is 0.494 e. The van der Waals surface area contributed by atoms with Crippen LogP contribution in [0.15, 0.2) is 146 Å². The Morgan fingerprint density at radius 1 is 0.213 bits per heavy atom. The van der Waals surface area contributed by atoms with Crippen LogP contribution in [0.3, 0.4) is 0 Å². The lowest BCUT2D eigenvalue weighted by Crippen LogP contribution is -2.15. The molecule has 0 saturated heterocycles. The number of ether oxygens (including phenoxy) is 18. The van der Waals surface area contributed by atoms with Crippen molar-refractivity contribution in [3.63, 3.8) is 0 Å². The zero-order valence-corrected chi connectivity index (χ0v) is 55.1. The molecule has 0 saturated carbocycles. The van der Waals surface area contributed by atoms with Crippen molar-refractivity contribution in [2.75, 3.05) is 185 Å².